The van der Waals surface area contributed by atoms with Gasteiger partial charge in [0, 0.05) is 17.1 Å². The first-order valence-electron chi connectivity index (χ1n) is 4.58. The second-order valence-corrected chi connectivity index (χ2v) is 4.52. The van der Waals surface area contributed by atoms with E-state index in [1.807, 2.05) is 0 Å². The third kappa shape index (κ3) is 3.49. The Hall–Kier alpha value is -0.340. The Labute approximate surface area is 88.7 Å². The lowest BCUT2D eigenvalue weighted by molar-refractivity contribution is 0.587. The zero-order valence-electron chi connectivity index (χ0n) is 8.39. The van der Waals surface area contributed by atoms with E-state index in [0.29, 0.717) is 6.04 Å². The van der Waals surface area contributed by atoms with Gasteiger partial charge in [0.25, 0.3) is 0 Å². The Morgan fingerprint density at radius 3 is 2.69 bits per heavy atom. The van der Waals surface area contributed by atoms with Crippen LogP contribution in [0.25, 0.3) is 0 Å². The maximum absolute atomic E-state index is 3.48. The van der Waals surface area contributed by atoms with Crippen molar-refractivity contribution in [2.75, 3.05) is 0 Å². The maximum Gasteiger partial charge on any atom is 0.0210 e. The van der Waals surface area contributed by atoms with Crippen molar-refractivity contribution in [2.45, 2.75) is 33.4 Å². The summed E-state index contributed by atoms with van der Waals surface area (Å²) in [5, 5.41) is 3.41. The van der Waals surface area contributed by atoms with Crippen LogP contribution < -0.4 is 5.32 Å². The molecule has 1 nitrogen and oxygen atoms in total. The highest BCUT2D eigenvalue weighted by atomic mass is 79.9. The van der Waals surface area contributed by atoms with Gasteiger partial charge in [0.15, 0.2) is 0 Å². The molecule has 1 aromatic carbocycles. The van der Waals surface area contributed by atoms with Crippen molar-refractivity contribution in [3.8, 4) is 0 Å². The fourth-order valence-corrected chi connectivity index (χ4v) is 1.55. The lowest BCUT2D eigenvalue weighted by Gasteiger charge is -2.10. The molecule has 0 fully saturated rings. The molecule has 0 aromatic heterocycles. The first-order chi connectivity index (χ1) is 6.09. The molecular weight excluding hydrogens is 226 g/mol. The summed E-state index contributed by atoms with van der Waals surface area (Å²) < 4.78 is 1.15. The summed E-state index contributed by atoms with van der Waals surface area (Å²) in [7, 11) is 0. The standard InChI is InChI=1S/C11H16BrN/c1-8(2)13-7-10-6-11(12)5-4-9(10)3/h4-6,8,13H,7H2,1-3H3. The molecule has 0 aliphatic heterocycles. The van der Waals surface area contributed by atoms with E-state index in [1.54, 1.807) is 0 Å². The third-order valence-corrected chi connectivity index (χ3v) is 2.51. The van der Waals surface area contributed by atoms with Gasteiger partial charge in [-0.1, -0.05) is 35.8 Å². The van der Waals surface area contributed by atoms with Crippen molar-refractivity contribution >= 4 is 15.9 Å². The van der Waals surface area contributed by atoms with Crippen LogP contribution in [0.15, 0.2) is 22.7 Å². The second kappa shape index (κ2) is 4.77. The van der Waals surface area contributed by atoms with Gasteiger partial charge in [0.1, 0.15) is 0 Å². The fourth-order valence-electron chi connectivity index (χ4n) is 1.14. The van der Waals surface area contributed by atoms with E-state index in [4.69, 9.17) is 0 Å². The highest BCUT2D eigenvalue weighted by Gasteiger charge is 1.99. The number of rotatable bonds is 3. The van der Waals surface area contributed by atoms with Crippen molar-refractivity contribution < 1.29 is 0 Å². The molecule has 0 heterocycles. The highest BCUT2D eigenvalue weighted by Crippen LogP contribution is 2.15. The molecule has 0 bridgehead atoms. The van der Waals surface area contributed by atoms with E-state index in [1.165, 1.54) is 11.1 Å². The Morgan fingerprint density at radius 1 is 1.38 bits per heavy atom. The fraction of sp³-hybridized carbons (Fsp3) is 0.455. The predicted octanol–water partition coefficient (Wildman–Crippen LogP) is 3.26. The molecule has 1 aromatic rings. The van der Waals surface area contributed by atoms with E-state index >= 15 is 0 Å². The first-order valence-corrected chi connectivity index (χ1v) is 5.37. The number of hydrogen-bond acceptors (Lipinski definition) is 1. The summed E-state index contributed by atoms with van der Waals surface area (Å²) in [4.78, 5) is 0. The molecular formula is C11H16BrN. The van der Waals surface area contributed by atoms with Gasteiger partial charge >= 0.3 is 0 Å². The molecule has 1 rings (SSSR count). The Bertz CT molecular complexity index is 281. The summed E-state index contributed by atoms with van der Waals surface area (Å²) in [6.07, 6.45) is 0. The molecule has 0 amide bonds. The van der Waals surface area contributed by atoms with E-state index < -0.39 is 0 Å². The number of halogens is 1. The largest absolute Gasteiger partial charge is 0.310 e. The molecule has 0 saturated carbocycles. The minimum atomic E-state index is 0.540. The van der Waals surface area contributed by atoms with Crippen LogP contribution in [-0.4, -0.2) is 6.04 Å². The van der Waals surface area contributed by atoms with Gasteiger partial charge < -0.3 is 5.32 Å². The van der Waals surface area contributed by atoms with Gasteiger partial charge in [-0.25, -0.2) is 0 Å². The van der Waals surface area contributed by atoms with Gasteiger partial charge in [0.2, 0.25) is 0 Å². The predicted molar refractivity (Wildman–Crippen MR) is 60.9 cm³/mol. The van der Waals surface area contributed by atoms with E-state index in [2.05, 4.69) is 60.2 Å². The van der Waals surface area contributed by atoms with Crippen molar-refractivity contribution in [1.29, 1.82) is 0 Å². The van der Waals surface area contributed by atoms with Gasteiger partial charge in [-0.3, -0.25) is 0 Å². The number of benzene rings is 1. The van der Waals surface area contributed by atoms with E-state index in [0.717, 1.165) is 11.0 Å². The van der Waals surface area contributed by atoms with Gasteiger partial charge in [-0.2, -0.15) is 0 Å². The molecule has 0 saturated heterocycles. The summed E-state index contributed by atoms with van der Waals surface area (Å²) in [5.74, 6) is 0. The zero-order valence-corrected chi connectivity index (χ0v) is 9.98. The zero-order chi connectivity index (χ0) is 9.84. The van der Waals surface area contributed by atoms with Gasteiger partial charge in [-0.05, 0) is 30.2 Å². The minimum absolute atomic E-state index is 0.540. The lowest BCUT2D eigenvalue weighted by atomic mass is 10.1. The summed E-state index contributed by atoms with van der Waals surface area (Å²) in [6, 6.07) is 6.93. The highest BCUT2D eigenvalue weighted by molar-refractivity contribution is 9.10. The van der Waals surface area contributed by atoms with Crippen molar-refractivity contribution in [2.24, 2.45) is 0 Å². The Kier molecular flexibility index (Phi) is 3.94. The lowest BCUT2D eigenvalue weighted by Crippen LogP contribution is -2.22. The van der Waals surface area contributed by atoms with Crippen LogP contribution in [0.4, 0.5) is 0 Å². The molecule has 0 unspecified atom stereocenters. The van der Waals surface area contributed by atoms with Crippen LogP contribution in [0.3, 0.4) is 0 Å². The number of aryl methyl sites for hydroxylation is 1. The molecule has 72 valence electrons. The SMILES string of the molecule is Cc1ccc(Br)cc1CNC(C)C. The molecule has 0 aliphatic carbocycles. The summed E-state index contributed by atoms with van der Waals surface area (Å²) in [5.41, 5.74) is 2.71. The van der Waals surface area contributed by atoms with E-state index in [9.17, 15) is 0 Å². The maximum atomic E-state index is 3.48. The van der Waals surface area contributed by atoms with Crippen LogP contribution in [0.1, 0.15) is 25.0 Å². The third-order valence-electron chi connectivity index (χ3n) is 2.01. The number of hydrogen-bond donors (Lipinski definition) is 1. The Morgan fingerprint density at radius 2 is 2.08 bits per heavy atom. The number of nitrogens with one attached hydrogen (secondary N) is 1. The smallest absolute Gasteiger partial charge is 0.0210 e. The second-order valence-electron chi connectivity index (χ2n) is 3.61. The van der Waals surface area contributed by atoms with Crippen molar-refractivity contribution in [1.82, 2.24) is 5.32 Å². The molecule has 0 spiro atoms. The minimum Gasteiger partial charge on any atom is -0.310 e. The van der Waals surface area contributed by atoms with Crippen LogP contribution >= 0.6 is 15.9 Å². The molecule has 0 aliphatic rings. The van der Waals surface area contributed by atoms with Crippen molar-refractivity contribution in [3.05, 3.63) is 33.8 Å². The average Bonchev–Trinajstić information content (AvgIpc) is 2.06. The van der Waals surface area contributed by atoms with Gasteiger partial charge in [0.05, 0.1) is 0 Å². The molecule has 1 N–H and O–H groups in total. The molecule has 13 heavy (non-hydrogen) atoms. The van der Waals surface area contributed by atoms with Crippen molar-refractivity contribution in [3.63, 3.8) is 0 Å². The van der Waals surface area contributed by atoms with Crippen LogP contribution in [0.2, 0.25) is 0 Å². The quantitative estimate of drug-likeness (QED) is 0.857. The Balaban J connectivity index is 2.70. The topological polar surface area (TPSA) is 12.0 Å². The monoisotopic (exact) mass is 241 g/mol. The summed E-state index contributed by atoms with van der Waals surface area (Å²) in [6.45, 7) is 7.41. The van der Waals surface area contributed by atoms with E-state index in [-0.39, 0.29) is 0 Å². The average molecular weight is 242 g/mol. The van der Waals surface area contributed by atoms with Gasteiger partial charge in [-0.15, -0.1) is 0 Å². The first kappa shape index (κ1) is 10.7. The normalized spacial score (nSPS) is 10.8. The van der Waals surface area contributed by atoms with Crippen LogP contribution in [-0.2, 0) is 6.54 Å². The molecule has 2 heteroatoms. The molecule has 0 radical (unpaired) electrons. The summed E-state index contributed by atoms with van der Waals surface area (Å²) >= 11 is 3.48. The van der Waals surface area contributed by atoms with Crippen LogP contribution in [0.5, 0.6) is 0 Å². The van der Waals surface area contributed by atoms with Crippen LogP contribution in [0, 0.1) is 6.92 Å². The molecule has 0 atom stereocenters.